The Morgan fingerprint density at radius 2 is 2.46 bits per heavy atom. The van der Waals surface area contributed by atoms with Crippen molar-refractivity contribution in [2.75, 3.05) is 11.5 Å². The van der Waals surface area contributed by atoms with Crippen molar-refractivity contribution in [3.8, 4) is 0 Å². The van der Waals surface area contributed by atoms with Gasteiger partial charge in [0.25, 0.3) is 0 Å². The van der Waals surface area contributed by atoms with Gasteiger partial charge in [-0.1, -0.05) is 12.2 Å². The monoisotopic (exact) mass is 275 g/mol. The molecule has 0 N–H and O–H groups in total. The molecule has 13 heavy (non-hydrogen) atoms. The Hall–Kier alpha value is 0.0700. The van der Waals surface area contributed by atoms with Crippen LogP contribution < -0.4 is 0 Å². The van der Waals surface area contributed by atoms with Crippen molar-refractivity contribution >= 4 is 40.3 Å². The topological polar surface area (TPSA) is 12.9 Å². The van der Waals surface area contributed by atoms with Crippen LogP contribution in [0, 0.1) is 0 Å². The van der Waals surface area contributed by atoms with Gasteiger partial charge in [-0.3, -0.25) is 0 Å². The first-order valence-corrected chi connectivity index (χ1v) is 6.16. The Balaban J connectivity index is 2.54. The lowest BCUT2D eigenvalue weighted by Crippen LogP contribution is -1.88. The molecule has 1 heterocycles. The smallest absolute Gasteiger partial charge is 0.110 e. The Morgan fingerprint density at radius 1 is 1.69 bits per heavy atom. The van der Waals surface area contributed by atoms with Crippen LogP contribution in [0.5, 0.6) is 0 Å². The first-order chi connectivity index (χ1) is 6.24. The van der Waals surface area contributed by atoms with Gasteiger partial charge in [0.2, 0.25) is 0 Å². The molecule has 0 aliphatic heterocycles. The molecule has 0 bridgehead atoms. The molecule has 0 atom stereocenters. The number of pyridine rings is 1. The van der Waals surface area contributed by atoms with Gasteiger partial charge in [0.15, 0.2) is 0 Å². The average molecular weight is 276 g/mol. The second-order valence-electron chi connectivity index (χ2n) is 2.49. The zero-order valence-corrected chi connectivity index (χ0v) is 10.3. The lowest BCUT2D eigenvalue weighted by Gasteiger charge is -2.02. The van der Waals surface area contributed by atoms with E-state index in [1.54, 1.807) is 18.0 Å². The first-order valence-electron chi connectivity index (χ1n) is 3.75. The Morgan fingerprint density at radius 3 is 3.08 bits per heavy atom. The van der Waals surface area contributed by atoms with Gasteiger partial charge in [-0.25, -0.2) is 4.98 Å². The molecule has 0 radical (unpaired) electrons. The zero-order valence-electron chi connectivity index (χ0n) is 7.03. The van der Waals surface area contributed by atoms with Gasteiger partial charge in [0, 0.05) is 22.2 Å². The third kappa shape index (κ3) is 3.75. The van der Waals surface area contributed by atoms with Crippen molar-refractivity contribution in [1.29, 1.82) is 0 Å². The summed E-state index contributed by atoms with van der Waals surface area (Å²) in [5.74, 6) is 1.61. The maximum atomic E-state index is 4.23. The molecule has 0 aliphatic rings. The molecule has 0 spiro atoms. The van der Waals surface area contributed by atoms with E-state index in [-0.39, 0.29) is 0 Å². The van der Waals surface area contributed by atoms with Crippen molar-refractivity contribution in [3.63, 3.8) is 0 Å². The largest absolute Gasteiger partial charge is 0.249 e. The zero-order chi connectivity index (χ0) is 9.68. The van der Waals surface area contributed by atoms with Crippen molar-refractivity contribution < 1.29 is 0 Å². The summed E-state index contributed by atoms with van der Waals surface area (Å²) >= 11 is 9.25. The molecule has 0 saturated heterocycles. The van der Waals surface area contributed by atoms with E-state index in [4.69, 9.17) is 0 Å². The van der Waals surface area contributed by atoms with E-state index in [2.05, 4.69) is 40.1 Å². The fourth-order valence-corrected chi connectivity index (χ4v) is 2.34. The summed E-state index contributed by atoms with van der Waals surface area (Å²) in [5.41, 5.74) is 1.12. The number of thioether (sulfide) groups is 1. The highest BCUT2D eigenvalue weighted by molar-refractivity contribution is 9.10. The van der Waals surface area contributed by atoms with E-state index >= 15 is 0 Å². The lowest BCUT2D eigenvalue weighted by molar-refractivity contribution is 1.11. The minimum atomic E-state index is 0.734. The molecule has 1 aromatic rings. The van der Waals surface area contributed by atoms with Crippen molar-refractivity contribution in [2.24, 2.45) is 0 Å². The summed E-state index contributed by atoms with van der Waals surface area (Å²) in [6.07, 6.45) is 1.79. The van der Waals surface area contributed by atoms with E-state index in [9.17, 15) is 0 Å². The fourth-order valence-electron chi connectivity index (χ4n) is 0.693. The second-order valence-corrected chi connectivity index (χ2v) is 4.62. The highest BCUT2D eigenvalue weighted by Crippen LogP contribution is 2.25. The quantitative estimate of drug-likeness (QED) is 0.514. The summed E-state index contributed by atoms with van der Waals surface area (Å²) in [7, 11) is 0. The van der Waals surface area contributed by atoms with Crippen LogP contribution in [-0.4, -0.2) is 16.5 Å². The van der Waals surface area contributed by atoms with Gasteiger partial charge >= 0.3 is 0 Å². The molecule has 0 unspecified atom stereocenters. The van der Waals surface area contributed by atoms with Crippen LogP contribution in [0.2, 0.25) is 0 Å². The molecule has 4 heteroatoms. The predicted octanol–water partition coefficient (Wildman–Crippen LogP) is 3.42. The molecule has 1 rings (SSSR count). The Kier molecular flexibility index (Phi) is 4.91. The van der Waals surface area contributed by atoms with Crippen LogP contribution in [-0.2, 0) is 0 Å². The molecule has 0 amide bonds. The number of hydrogen-bond acceptors (Lipinski definition) is 3. The third-order valence-electron chi connectivity index (χ3n) is 1.36. The number of hydrogen-bond donors (Lipinski definition) is 1. The van der Waals surface area contributed by atoms with Gasteiger partial charge in [0.1, 0.15) is 5.03 Å². The molecular formula is C9H10BrNS2. The SMILES string of the molecule is C=C(CS)CSc1ncccc1Br. The standard InChI is InChI=1S/C9H10BrNS2/c1-7(5-12)6-13-9-8(10)3-2-4-11-9/h2-4,12H,1,5-6H2. The third-order valence-corrected chi connectivity index (χ3v) is 3.86. The molecule has 1 nitrogen and oxygen atoms in total. The van der Waals surface area contributed by atoms with Gasteiger partial charge in [0.05, 0.1) is 0 Å². The van der Waals surface area contributed by atoms with E-state index < -0.39 is 0 Å². The molecule has 70 valence electrons. The number of halogens is 1. The second kappa shape index (κ2) is 5.73. The Bertz CT molecular complexity index is 301. The number of thiol groups is 1. The summed E-state index contributed by atoms with van der Waals surface area (Å²) in [5, 5.41) is 1.01. The highest BCUT2D eigenvalue weighted by atomic mass is 79.9. The summed E-state index contributed by atoms with van der Waals surface area (Å²) in [4.78, 5) is 4.23. The molecule has 0 fully saturated rings. The number of nitrogens with zero attached hydrogens (tertiary/aromatic N) is 1. The van der Waals surface area contributed by atoms with Crippen LogP contribution in [0.15, 0.2) is 40.0 Å². The van der Waals surface area contributed by atoms with Crippen molar-refractivity contribution in [1.82, 2.24) is 4.98 Å². The molecule has 0 aliphatic carbocycles. The van der Waals surface area contributed by atoms with E-state index in [1.807, 2.05) is 12.1 Å². The normalized spacial score (nSPS) is 10.0. The number of rotatable bonds is 4. The lowest BCUT2D eigenvalue weighted by atomic mass is 10.4. The number of aromatic nitrogens is 1. The predicted molar refractivity (Wildman–Crippen MR) is 65.7 cm³/mol. The average Bonchev–Trinajstić information content (AvgIpc) is 2.16. The minimum absolute atomic E-state index is 0.734. The van der Waals surface area contributed by atoms with Crippen LogP contribution in [0.1, 0.15) is 0 Å². The van der Waals surface area contributed by atoms with Gasteiger partial charge < -0.3 is 0 Å². The highest BCUT2D eigenvalue weighted by Gasteiger charge is 2.01. The maximum absolute atomic E-state index is 4.23. The summed E-state index contributed by atoms with van der Waals surface area (Å²) in [6.45, 7) is 3.88. The van der Waals surface area contributed by atoms with Crippen LogP contribution in [0.3, 0.4) is 0 Å². The molecule has 0 saturated carbocycles. The summed E-state index contributed by atoms with van der Waals surface area (Å²) in [6, 6.07) is 3.89. The fraction of sp³-hybridized carbons (Fsp3) is 0.222. The molecular weight excluding hydrogens is 266 g/mol. The minimum Gasteiger partial charge on any atom is -0.249 e. The summed E-state index contributed by atoms with van der Waals surface area (Å²) < 4.78 is 1.03. The van der Waals surface area contributed by atoms with Crippen LogP contribution in [0.4, 0.5) is 0 Å². The maximum Gasteiger partial charge on any atom is 0.110 e. The van der Waals surface area contributed by atoms with Crippen LogP contribution in [0.25, 0.3) is 0 Å². The van der Waals surface area contributed by atoms with Gasteiger partial charge in [-0.15, -0.1) is 11.8 Å². The Labute approximate surface area is 96.6 Å². The van der Waals surface area contributed by atoms with Gasteiger partial charge in [-0.05, 0) is 28.1 Å². The molecule has 0 aromatic carbocycles. The van der Waals surface area contributed by atoms with Crippen molar-refractivity contribution in [2.45, 2.75) is 5.03 Å². The first kappa shape index (κ1) is 11.1. The van der Waals surface area contributed by atoms with Crippen LogP contribution >= 0.6 is 40.3 Å². The van der Waals surface area contributed by atoms with E-state index in [0.717, 1.165) is 26.6 Å². The van der Waals surface area contributed by atoms with Crippen molar-refractivity contribution in [3.05, 3.63) is 35.0 Å². The van der Waals surface area contributed by atoms with Gasteiger partial charge in [-0.2, -0.15) is 12.6 Å². The van der Waals surface area contributed by atoms with E-state index in [1.165, 1.54) is 0 Å². The molecule has 1 aromatic heterocycles. The van der Waals surface area contributed by atoms with E-state index in [0.29, 0.717) is 0 Å².